The number of ether oxygens (including phenoxy) is 1. The fourth-order valence-corrected chi connectivity index (χ4v) is 1.39. The molecule has 0 aromatic heterocycles. The summed E-state index contributed by atoms with van der Waals surface area (Å²) in [5.74, 6) is -0.746. The molecule has 0 unspecified atom stereocenters. The third kappa shape index (κ3) is 3.35. The lowest BCUT2D eigenvalue weighted by Crippen LogP contribution is -2.08. The average Bonchev–Trinajstić information content (AvgIpc) is 2.34. The maximum absolute atomic E-state index is 11.4. The van der Waals surface area contributed by atoms with Crippen molar-refractivity contribution < 1.29 is 19.4 Å². The fraction of sp³-hybridized carbons (Fsp3) is 0.222. The van der Waals surface area contributed by atoms with Gasteiger partial charge in [-0.2, -0.15) is 0 Å². The Kier molecular flexibility index (Phi) is 4.95. The summed E-state index contributed by atoms with van der Waals surface area (Å²) < 4.78 is 5.36. The first-order valence-corrected chi connectivity index (χ1v) is 6.16. The molecule has 0 amide bonds. The molecule has 0 heterocycles. The summed E-state index contributed by atoms with van der Waals surface area (Å²) in [6, 6.07) is 2.88. The van der Waals surface area contributed by atoms with Crippen LogP contribution in [0.4, 0.5) is 11.4 Å². The van der Waals surface area contributed by atoms with Gasteiger partial charge in [0.25, 0.3) is 0 Å². The molecule has 8 nitrogen and oxygen atoms in total. The number of hydrogen-bond donors (Lipinski definition) is 0. The van der Waals surface area contributed by atoms with Crippen molar-refractivity contribution in [2.45, 2.75) is 0 Å². The normalized spacial score (nSPS) is 9.83. The van der Waals surface area contributed by atoms with E-state index >= 15 is 0 Å². The largest absolute Gasteiger partial charge is 0.461 e. The molecule has 0 spiro atoms. The number of nitro benzene ring substituents is 2. The molecule has 9 heteroatoms. The molecule has 0 saturated heterocycles. The number of halogens is 1. The van der Waals surface area contributed by atoms with Crippen LogP contribution in [-0.4, -0.2) is 26.9 Å². The number of hydrogen-bond acceptors (Lipinski definition) is 6. The van der Waals surface area contributed by atoms with E-state index in [4.69, 9.17) is 4.74 Å². The highest BCUT2D eigenvalue weighted by Crippen LogP contribution is 2.27. The van der Waals surface area contributed by atoms with E-state index in [-0.39, 0.29) is 12.2 Å². The Balaban J connectivity index is 3.11. The van der Waals surface area contributed by atoms with E-state index in [1.54, 1.807) is 0 Å². The molecule has 96 valence electrons. The summed E-state index contributed by atoms with van der Waals surface area (Å²) in [5, 5.41) is 21.2. The van der Waals surface area contributed by atoms with Gasteiger partial charge in [-0.1, -0.05) is 22.6 Å². The molecule has 0 bridgehead atoms. The van der Waals surface area contributed by atoms with Gasteiger partial charge in [-0.25, -0.2) is 4.79 Å². The van der Waals surface area contributed by atoms with Crippen LogP contribution in [0.2, 0.25) is 0 Å². The van der Waals surface area contributed by atoms with Crippen molar-refractivity contribution in [3.8, 4) is 0 Å². The third-order valence-corrected chi connectivity index (χ3v) is 2.36. The highest BCUT2D eigenvalue weighted by molar-refractivity contribution is 14.1. The van der Waals surface area contributed by atoms with E-state index in [0.29, 0.717) is 4.43 Å². The first-order valence-electron chi connectivity index (χ1n) is 4.63. The second kappa shape index (κ2) is 6.23. The van der Waals surface area contributed by atoms with Crippen LogP contribution in [-0.2, 0) is 4.74 Å². The van der Waals surface area contributed by atoms with Crippen molar-refractivity contribution in [3.63, 3.8) is 0 Å². The molecule has 0 saturated carbocycles. The Bertz CT molecular complexity index is 504. The van der Waals surface area contributed by atoms with Crippen LogP contribution >= 0.6 is 22.6 Å². The summed E-state index contributed by atoms with van der Waals surface area (Å²) in [6.45, 7) is 0.171. The Morgan fingerprint density at radius 3 is 2.33 bits per heavy atom. The van der Waals surface area contributed by atoms with Crippen molar-refractivity contribution in [3.05, 3.63) is 44.0 Å². The smallest absolute Gasteiger partial charge is 0.346 e. The molecule has 1 aromatic carbocycles. The standard InChI is InChI=1S/C9H7IN2O6/c10-3-4-18-9(13)6-1-2-7(11(14)15)8(5-6)12(16)17/h1-2,5H,3-4H2. The van der Waals surface area contributed by atoms with Gasteiger partial charge in [0.05, 0.1) is 15.4 Å². The quantitative estimate of drug-likeness (QED) is 0.259. The second-order valence-corrected chi connectivity index (χ2v) is 4.12. The molecule has 18 heavy (non-hydrogen) atoms. The van der Waals surface area contributed by atoms with Crippen molar-refractivity contribution in [2.75, 3.05) is 11.0 Å². The van der Waals surface area contributed by atoms with Gasteiger partial charge in [0.15, 0.2) is 0 Å². The molecule has 0 aliphatic heterocycles. The monoisotopic (exact) mass is 366 g/mol. The number of rotatable bonds is 5. The summed E-state index contributed by atoms with van der Waals surface area (Å²) in [6.07, 6.45) is 0. The van der Waals surface area contributed by atoms with Gasteiger partial charge in [0, 0.05) is 16.6 Å². The maximum Gasteiger partial charge on any atom is 0.346 e. The van der Waals surface area contributed by atoms with Crippen molar-refractivity contribution in [2.24, 2.45) is 0 Å². The molecular weight excluding hydrogens is 359 g/mol. The molecule has 0 fully saturated rings. The maximum atomic E-state index is 11.4. The van der Waals surface area contributed by atoms with E-state index in [2.05, 4.69) is 0 Å². The van der Waals surface area contributed by atoms with Crippen LogP contribution < -0.4 is 0 Å². The lowest BCUT2D eigenvalue weighted by atomic mass is 10.2. The van der Waals surface area contributed by atoms with Gasteiger partial charge in [-0.15, -0.1) is 0 Å². The zero-order valence-corrected chi connectivity index (χ0v) is 11.0. The molecule has 0 aliphatic carbocycles. The summed E-state index contributed by atoms with van der Waals surface area (Å²) >= 11 is 2.00. The highest BCUT2D eigenvalue weighted by Gasteiger charge is 2.25. The SMILES string of the molecule is O=C(OCCI)c1ccc([N+](=O)[O-])c([N+](=O)[O-])c1. The molecule has 1 aromatic rings. The van der Waals surface area contributed by atoms with E-state index in [1.165, 1.54) is 0 Å². The van der Waals surface area contributed by atoms with E-state index < -0.39 is 27.2 Å². The van der Waals surface area contributed by atoms with Crippen LogP contribution in [0.5, 0.6) is 0 Å². The number of carbonyl (C=O) groups is 1. The minimum atomic E-state index is -0.909. The predicted molar refractivity (Wildman–Crippen MR) is 68.9 cm³/mol. The van der Waals surface area contributed by atoms with E-state index in [1.807, 2.05) is 22.6 Å². The number of nitro groups is 2. The topological polar surface area (TPSA) is 113 Å². The van der Waals surface area contributed by atoms with Crippen LogP contribution in [0, 0.1) is 20.2 Å². The summed E-state index contributed by atoms with van der Waals surface area (Å²) in [4.78, 5) is 30.9. The lowest BCUT2D eigenvalue weighted by molar-refractivity contribution is -0.422. The van der Waals surface area contributed by atoms with Gasteiger partial charge in [0.1, 0.15) is 6.61 Å². The molecular formula is C9H7IN2O6. The van der Waals surface area contributed by atoms with Gasteiger partial charge >= 0.3 is 17.3 Å². The van der Waals surface area contributed by atoms with E-state index in [0.717, 1.165) is 18.2 Å². The molecule has 0 radical (unpaired) electrons. The van der Waals surface area contributed by atoms with Crippen LogP contribution in [0.25, 0.3) is 0 Å². The average molecular weight is 366 g/mol. The summed E-state index contributed by atoms with van der Waals surface area (Å²) in [5.41, 5.74) is -1.48. The van der Waals surface area contributed by atoms with Crippen molar-refractivity contribution >= 4 is 39.9 Å². The van der Waals surface area contributed by atoms with Crippen LogP contribution in [0.3, 0.4) is 0 Å². The Hall–Kier alpha value is -1.78. The van der Waals surface area contributed by atoms with Crippen LogP contribution in [0.15, 0.2) is 18.2 Å². The van der Waals surface area contributed by atoms with Gasteiger partial charge in [-0.05, 0) is 6.07 Å². The third-order valence-electron chi connectivity index (χ3n) is 1.91. The lowest BCUT2D eigenvalue weighted by Gasteiger charge is -2.02. The minimum Gasteiger partial charge on any atom is -0.461 e. The first kappa shape index (κ1) is 14.3. The number of benzene rings is 1. The molecule has 0 aliphatic rings. The van der Waals surface area contributed by atoms with Gasteiger partial charge in [0.2, 0.25) is 0 Å². The van der Waals surface area contributed by atoms with Crippen LogP contribution in [0.1, 0.15) is 10.4 Å². The van der Waals surface area contributed by atoms with Crippen molar-refractivity contribution in [1.29, 1.82) is 0 Å². The van der Waals surface area contributed by atoms with E-state index in [9.17, 15) is 25.0 Å². The first-order chi connectivity index (χ1) is 8.47. The number of alkyl halides is 1. The van der Waals surface area contributed by atoms with Crippen molar-refractivity contribution in [1.82, 2.24) is 0 Å². The zero-order valence-electron chi connectivity index (χ0n) is 8.87. The second-order valence-electron chi connectivity index (χ2n) is 3.04. The predicted octanol–water partition coefficient (Wildman–Crippen LogP) is 2.09. The molecule has 0 N–H and O–H groups in total. The number of esters is 1. The Morgan fingerprint density at radius 2 is 1.83 bits per heavy atom. The number of carbonyl (C=O) groups excluding carboxylic acids is 1. The summed E-state index contributed by atoms with van der Waals surface area (Å²) in [7, 11) is 0. The Morgan fingerprint density at radius 1 is 1.22 bits per heavy atom. The number of nitrogens with zero attached hydrogens (tertiary/aromatic N) is 2. The highest BCUT2D eigenvalue weighted by atomic mass is 127. The zero-order chi connectivity index (χ0) is 13.7. The van der Waals surface area contributed by atoms with Gasteiger partial charge < -0.3 is 4.74 Å². The fourth-order valence-electron chi connectivity index (χ4n) is 1.17. The minimum absolute atomic E-state index is 0.0860. The molecule has 1 rings (SSSR count). The van der Waals surface area contributed by atoms with Gasteiger partial charge in [-0.3, -0.25) is 20.2 Å². The molecule has 0 atom stereocenters. The Labute approximate surface area is 114 Å².